The first-order chi connectivity index (χ1) is 12.6. The number of nitrogens with zero attached hydrogens (tertiary/aromatic N) is 6. The van der Waals surface area contributed by atoms with Gasteiger partial charge < -0.3 is 4.90 Å². The fourth-order valence-corrected chi connectivity index (χ4v) is 3.24. The number of amides is 1. The summed E-state index contributed by atoms with van der Waals surface area (Å²) in [7, 11) is 0. The molecule has 0 bridgehead atoms. The summed E-state index contributed by atoms with van der Waals surface area (Å²) in [6.07, 6.45) is 3.78. The van der Waals surface area contributed by atoms with E-state index in [9.17, 15) is 4.79 Å². The molecule has 1 aliphatic rings. The van der Waals surface area contributed by atoms with E-state index >= 15 is 0 Å². The predicted octanol–water partition coefficient (Wildman–Crippen LogP) is 2.66. The van der Waals surface area contributed by atoms with Gasteiger partial charge in [0.1, 0.15) is 0 Å². The highest BCUT2D eigenvalue weighted by Crippen LogP contribution is 2.24. The second-order valence-electron chi connectivity index (χ2n) is 6.56. The van der Waals surface area contributed by atoms with Gasteiger partial charge >= 0.3 is 0 Å². The minimum Gasteiger partial charge on any atom is -0.335 e. The van der Waals surface area contributed by atoms with Gasteiger partial charge in [-0.25, -0.2) is 4.68 Å². The van der Waals surface area contributed by atoms with E-state index < -0.39 is 0 Å². The van der Waals surface area contributed by atoms with Gasteiger partial charge in [0.25, 0.3) is 5.91 Å². The van der Waals surface area contributed by atoms with Crippen molar-refractivity contribution in [3.8, 4) is 17.2 Å². The van der Waals surface area contributed by atoms with Crippen LogP contribution in [0.15, 0.2) is 42.6 Å². The summed E-state index contributed by atoms with van der Waals surface area (Å²) >= 11 is 0. The summed E-state index contributed by atoms with van der Waals surface area (Å²) in [5.41, 5.74) is 2.68. The molecule has 3 aromatic heterocycles. The van der Waals surface area contributed by atoms with Crippen LogP contribution in [-0.2, 0) is 0 Å². The number of likely N-dealkylation sites (tertiary alicyclic amines) is 1. The molecule has 0 aromatic carbocycles. The van der Waals surface area contributed by atoms with Crippen LogP contribution in [0.3, 0.4) is 0 Å². The van der Waals surface area contributed by atoms with Crippen LogP contribution in [0.25, 0.3) is 17.2 Å². The molecule has 0 N–H and O–H groups in total. The maximum absolute atomic E-state index is 12.9. The Morgan fingerprint density at radius 1 is 1.19 bits per heavy atom. The molecule has 132 valence electrons. The summed E-state index contributed by atoms with van der Waals surface area (Å²) in [6.45, 7) is 4.73. The van der Waals surface area contributed by atoms with Crippen molar-refractivity contribution in [1.82, 2.24) is 29.9 Å². The van der Waals surface area contributed by atoms with Gasteiger partial charge in [-0.1, -0.05) is 6.07 Å². The molecular formula is C19H20N6O. The Labute approximate surface area is 151 Å². The van der Waals surface area contributed by atoms with E-state index in [2.05, 4.69) is 27.2 Å². The van der Waals surface area contributed by atoms with Crippen molar-refractivity contribution >= 4 is 5.91 Å². The zero-order valence-electron chi connectivity index (χ0n) is 14.8. The number of carbonyl (C=O) groups excluding carboxylic acids is 1. The average molecular weight is 348 g/mol. The third-order valence-electron chi connectivity index (χ3n) is 4.67. The molecular weight excluding hydrogens is 328 g/mol. The lowest BCUT2D eigenvalue weighted by Gasteiger charge is -2.19. The van der Waals surface area contributed by atoms with Crippen molar-refractivity contribution in [2.45, 2.75) is 32.7 Å². The number of hydrogen-bond donors (Lipinski definition) is 0. The highest BCUT2D eigenvalue weighted by molar-refractivity contribution is 5.94. The highest BCUT2D eigenvalue weighted by Gasteiger charge is 2.29. The SMILES string of the molecule is Cc1ccc(-n2nc(C(=O)N3CCCC3C)cc2-c2ccccn2)nn1. The molecule has 4 rings (SSSR count). The first-order valence-corrected chi connectivity index (χ1v) is 8.76. The maximum atomic E-state index is 12.9. The van der Waals surface area contributed by atoms with Crippen LogP contribution in [0.5, 0.6) is 0 Å². The fourth-order valence-electron chi connectivity index (χ4n) is 3.24. The monoisotopic (exact) mass is 348 g/mol. The highest BCUT2D eigenvalue weighted by atomic mass is 16.2. The Kier molecular flexibility index (Phi) is 4.20. The van der Waals surface area contributed by atoms with Gasteiger partial charge in [0, 0.05) is 18.8 Å². The van der Waals surface area contributed by atoms with E-state index in [4.69, 9.17) is 0 Å². The first kappa shape index (κ1) is 16.4. The Morgan fingerprint density at radius 2 is 2.08 bits per heavy atom. The minimum atomic E-state index is -0.0500. The van der Waals surface area contributed by atoms with Crippen molar-refractivity contribution in [2.24, 2.45) is 0 Å². The van der Waals surface area contributed by atoms with E-state index in [1.165, 1.54) is 0 Å². The van der Waals surface area contributed by atoms with E-state index in [1.54, 1.807) is 16.9 Å². The van der Waals surface area contributed by atoms with E-state index in [1.807, 2.05) is 42.2 Å². The molecule has 0 radical (unpaired) electrons. The summed E-state index contributed by atoms with van der Waals surface area (Å²) in [4.78, 5) is 19.2. The summed E-state index contributed by atoms with van der Waals surface area (Å²) in [5.74, 6) is 0.510. The second kappa shape index (κ2) is 6.67. The number of rotatable bonds is 3. The van der Waals surface area contributed by atoms with Gasteiger partial charge in [0.2, 0.25) is 0 Å². The van der Waals surface area contributed by atoms with Crippen molar-refractivity contribution < 1.29 is 4.79 Å². The molecule has 4 heterocycles. The molecule has 0 aliphatic carbocycles. The quantitative estimate of drug-likeness (QED) is 0.727. The summed E-state index contributed by atoms with van der Waals surface area (Å²) in [5, 5.41) is 12.9. The van der Waals surface area contributed by atoms with Crippen LogP contribution in [0.2, 0.25) is 0 Å². The number of hydrogen-bond acceptors (Lipinski definition) is 5. The van der Waals surface area contributed by atoms with Crippen LogP contribution in [0.4, 0.5) is 0 Å². The molecule has 0 spiro atoms. The van der Waals surface area contributed by atoms with Gasteiger partial charge in [-0.3, -0.25) is 9.78 Å². The standard InChI is InChI=1S/C19H20N6O/c1-13-8-9-18(22-21-13)25-17(15-7-3-4-10-20-15)12-16(23-25)19(26)24-11-5-6-14(24)2/h3-4,7-10,12,14H,5-6,11H2,1-2H3. The molecule has 0 saturated carbocycles. The van der Waals surface area contributed by atoms with Gasteiger partial charge in [-0.15, -0.1) is 5.10 Å². The Hall–Kier alpha value is -3.09. The first-order valence-electron chi connectivity index (χ1n) is 8.76. The van der Waals surface area contributed by atoms with Gasteiger partial charge in [-0.2, -0.15) is 10.2 Å². The molecule has 1 unspecified atom stereocenters. The van der Waals surface area contributed by atoms with E-state index in [0.717, 1.165) is 36.5 Å². The van der Waals surface area contributed by atoms with Crippen molar-refractivity contribution in [3.05, 3.63) is 54.0 Å². The van der Waals surface area contributed by atoms with Crippen molar-refractivity contribution in [2.75, 3.05) is 6.54 Å². The molecule has 1 saturated heterocycles. The van der Waals surface area contributed by atoms with Crippen LogP contribution in [-0.4, -0.2) is 48.4 Å². The van der Waals surface area contributed by atoms with Crippen LogP contribution in [0.1, 0.15) is 35.9 Å². The van der Waals surface area contributed by atoms with Crippen molar-refractivity contribution in [1.29, 1.82) is 0 Å². The lowest BCUT2D eigenvalue weighted by molar-refractivity contribution is 0.0741. The lowest BCUT2D eigenvalue weighted by atomic mass is 10.2. The number of aryl methyl sites for hydroxylation is 1. The zero-order chi connectivity index (χ0) is 18.1. The smallest absolute Gasteiger partial charge is 0.274 e. The summed E-state index contributed by atoms with van der Waals surface area (Å²) in [6, 6.07) is 11.4. The largest absolute Gasteiger partial charge is 0.335 e. The Balaban J connectivity index is 1.80. The minimum absolute atomic E-state index is 0.0500. The number of pyridine rings is 1. The molecule has 1 atom stereocenters. The van der Waals surface area contributed by atoms with Gasteiger partial charge in [-0.05, 0) is 57.0 Å². The molecule has 7 nitrogen and oxygen atoms in total. The van der Waals surface area contributed by atoms with Crippen LogP contribution >= 0.6 is 0 Å². The molecule has 7 heteroatoms. The van der Waals surface area contributed by atoms with E-state index in [-0.39, 0.29) is 11.9 Å². The molecule has 3 aromatic rings. The molecule has 1 amide bonds. The second-order valence-corrected chi connectivity index (χ2v) is 6.56. The van der Waals surface area contributed by atoms with Crippen LogP contribution < -0.4 is 0 Å². The number of carbonyl (C=O) groups is 1. The van der Waals surface area contributed by atoms with Gasteiger partial charge in [0.15, 0.2) is 11.5 Å². The third-order valence-corrected chi connectivity index (χ3v) is 4.67. The molecule has 1 fully saturated rings. The predicted molar refractivity (Wildman–Crippen MR) is 96.9 cm³/mol. The lowest BCUT2D eigenvalue weighted by Crippen LogP contribution is -2.33. The zero-order valence-corrected chi connectivity index (χ0v) is 14.8. The van der Waals surface area contributed by atoms with Crippen molar-refractivity contribution in [3.63, 3.8) is 0 Å². The third kappa shape index (κ3) is 2.96. The average Bonchev–Trinajstić information content (AvgIpc) is 3.29. The molecule has 1 aliphatic heterocycles. The number of aromatic nitrogens is 5. The fraction of sp³-hybridized carbons (Fsp3) is 0.316. The van der Waals surface area contributed by atoms with Crippen LogP contribution in [0, 0.1) is 6.92 Å². The normalized spacial score (nSPS) is 16.8. The van der Waals surface area contributed by atoms with E-state index in [0.29, 0.717) is 11.5 Å². The summed E-state index contributed by atoms with van der Waals surface area (Å²) < 4.78 is 1.64. The Bertz CT molecular complexity index is 919. The maximum Gasteiger partial charge on any atom is 0.274 e. The topological polar surface area (TPSA) is 76.8 Å². The Morgan fingerprint density at radius 3 is 2.73 bits per heavy atom. The molecule has 26 heavy (non-hydrogen) atoms. The van der Waals surface area contributed by atoms with Gasteiger partial charge in [0.05, 0.1) is 17.1 Å².